The number of hydrogen-bond acceptors (Lipinski definition) is 4. The van der Waals surface area contributed by atoms with Crippen molar-refractivity contribution in [3.8, 4) is 0 Å². The van der Waals surface area contributed by atoms with Gasteiger partial charge in [-0.3, -0.25) is 10.1 Å². The highest BCUT2D eigenvalue weighted by molar-refractivity contribution is 8.76. The first-order chi connectivity index (χ1) is 7.09. The first kappa shape index (κ1) is 12.4. The zero-order chi connectivity index (χ0) is 11.3. The van der Waals surface area contributed by atoms with Crippen molar-refractivity contribution >= 4 is 27.3 Å². The average molecular weight is 243 g/mol. The van der Waals surface area contributed by atoms with Crippen LogP contribution in [0.3, 0.4) is 0 Å². The fraction of sp³-hybridized carbons (Fsp3) is 0.400. The molecule has 0 N–H and O–H groups in total. The Bertz CT molecular complexity index is 325. The van der Waals surface area contributed by atoms with Crippen molar-refractivity contribution in [3.05, 3.63) is 34.4 Å². The van der Waals surface area contributed by atoms with Gasteiger partial charge in [0.2, 0.25) is 0 Å². The van der Waals surface area contributed by atoms with Gasteiger partial charge in [-0.05, 0) is 18.1 Å². The molecule has 0 aliphatic heterocycles. The molecule has 3 nitrogen and oxygen atoms in total. The number of hydrogen-bond donors (Lipinski definition) is 0. The first-order valence-corrected chi connectivity index (χ1v) is 6.95. The highest BCUT2D eigenvalue weighted by Crippen LogP contribution is 2.32. The second-order valence-corrected chi connectivity index (χ2v) is 5.93. The molecule has 0 bridgehead atoms. The maximum atomic E-state index is 10.4. The molecular formula is C10H13NO2S2. The molecule has 0 heterocycles. The van der Waals surface area contributed by atoms with Crippen LogP contribution in [0.15, 0.2) is 29.2 Å². The van der Waals surface area contributed by atoms with Crippen LogP contribution < -0.4 is 0 Å². The summed E-state index contributed by atoms with van der Waals surface area (Å²) in [5, 5.41) is 10.4. The Balaban J connectivity index is 2.46. The molecule has 1 aromatic rings. The van der Waals surface area contributed by atoms with Gasteiger partial charge in [0.05, 0.1) is 4.92 Å². The summed E-state index contributed by atoms with van der Waals surface area (Å²) in [5.74, 6) is 1.75. The lowest BCUT2D eigenvalue weighted by Gasteiger charge is -2.03. The fourth-order valence-corrected chi connectivity index (χ4v) is 3.35. The molecule has 1 aromatic carbocycles. The third-order valence-corrected chi connectivity index (χ3v) is 4.33. The molecule has 15 heavy (non-hydrogen) atoms. The van der Waals surface area contributed by atoms with Gasteiger partial charge in [-0.2, -0.15) is 0 Å². The standard InChI is InChI=1S/C10H13NO2S2/c1-8(2)7-14-15-10-5-3-9(4-6-10)11(12)13/h3-6,8H,7H2,1-2H3. The molecule has 0 radical (unpaired) electrons. The maximum Gasteiger partial charge on any atom is 0.269 e. The van der Waals surface area contributed by atoms with Crippen molar-refractivity contribution in [1.82, 2.24) is 0 Å². The molecule has 82 valence electrons. The summed E-state index contributed by atoms with van der Waals surface area (Å²) < 4.78 is 0. The van der Waals surface area contributed by atoms with E-state index < -0.39 is 0 Å². The van der Waals surface area contributed by atoms with Crippen LogP contribution in [0.4, 0.5) is 5.69 Å². The van der Waals surface area contributed by atoms with E-state index in [1.54, 1.807) is 33.7 Å². The lowest BCUT2D eigenvalue weighted by molar-refractivity contribution is -0.384. The zero-order valence-corrected chi connectivity index (χ0v) is 10.3. The van der Waals surface area contributed by atoms with Crippen LogP contribution in [0.5, 0.6) is 0 Å². The van der Waals surface area contributed by atoms with E-state index in [0.717, 1.165) is 10.6 Å². The molecule has 0 saturated carbocycles. The van der Waals surface area contributed by atoms with Crippen molar-refractivity contribution in [2.24, 2.45) is 5.92 Å². The van der Waals surface area contributed by atoms with E-state index in [2.05, 4.69) is 13.8 Å². The molecule has 0 aliphatic carbocycles. The van der Waals surface area contributed by atoms with Gasteiger partial charge in [0.25, 0.3) is 5.69 Å². The molecule has 0 atom stereocenters. The second kappa shape index (κ2) is 6.02. The second-order valence-electron chi connectivity index (χ2n) is 3.51. The van der Waals surface area contributed by atoms with Crippen molar-refractivity contribution in [1.29, 1.82) is 0 Å². The van der Waals surface area contributed by atoms with Gasteiger partial charge in [-0.25, -0.2) is 0 Å². The van der Waals surface area contributed by atoms with E-state index in [9.17, 15) is 10.1 Å². The molecule has 0 aromatic heterocycles. The molecule has 0 aliphatic rings. The van der Waals surface area contributed by atoms with Crippen LogP contribution in [0.1, 0.15) is 13.8 Å². The summed E-state index contributed by atoms with van der Waals surface area (Å²) in [6, 6.07) is 6.66. The summed E-state index contributed by atoms with van der Waals surface area (Å²) in [5.41, 5.74) is 0.146. The first-order valence-electron chi connectivity index (χ1n) is 4.63. The van der Waals surface area contributed by atoms with Crippen molar-refractivity contribution < 1.29 is 4.92 Å². The summed E-state index contributed by atoms with van der Waals surface area (Å²) >= 11 is 0. The Morgan fingerprint density at radius 3 is 2.40 bits per heavy atom. The van der Waals surface area contributed by atoms with Crippen LogP contribution in [0.2, 0.25) is 0 Å². The third-order valence-electron chi connectivity index (χ3n) is 1.60. The van der Waals surface area contributed by atoms with Gasteiger partial charge in [0.1, 0.15) is 0 Å². The average Bonchev–Trinajstić information content (AvgIpc) is 2.18. The van der Waals surface area contributed by atoms with Crippen LogP contribution >= 0.6 is 21.6 Å². The fourth-order valence-electron chi connectivity index (χ4n) is 0.862. The van der Waals surface area contributed by atoms with Crippen molar-refractivity contribution in [3.63, 3.8) is 0 Å². The molecule has 0 spiro atoms. The van der Waals surface area contributed by atoms with Crippen LogP contribution in [0, 0.1) is 16.0 Å². The summed E-state index contributed by atoms with van der Waals surface area (Å²) in [6.45, 7) is 4.34. The predicted octanol–water partition coefficient (Wildman–Crippen LogP) is 3.99. The molecule has 0 saturated heterocycles. The lowest BCUT2D eigenvalue weighted by atomic mass is 10.3. The topological polar surface area (TPSA) is 43.1 Å². The molecule has 5 heteroatoms. The minimum absolute atomic E-state index is 0.146. The molecule has 1 rings (SSSR count). The normalized spacial score (nSPS) is 10.6. The van der Waals surface area contributed by atoms with Crippen LogP contribution in [-0.4, -0.2) is 10.7 Å². The minimum Gasteiger partial charge on any atom is -0.258 e. The van der Waals surface area contributed by atoms with E-state index in [0.29, 0.717) is 5.92 Å². The Kier molecular flexibility index (Phi) is 4.98. The highest BCUT2D eigenvalue weighted by Gasteiger charge is 2.04. The number of nitro benzene ring substituents is 1. The van der Waals surface area contributed by atoms with Gasteiger partial charge in [0.15, 0.2) is 0 Å². The predicted molar refractivity (Wildman–Crippen MR) is 66.2 cm³/mol. The Morgan fingerprint density at radius 1 is 1.33 bits per heavy atom. The Morgan fingerprint density at radius 2 is 1.93 bits per heavy atom. The van der Waals surface area contributed by atoms with Crippen LogP contribution in [-0.2, 0) is 0 Å². The quantitative estimate of drug-likeness (QED) is 0.445. The van der Waals surface area contributed by atoms with E-state index in [1.807, 2.05) is 0 Å². The van der Waals surface area contributed by atoms with Gasteiger partial charge in [-0.1, -0.05) is 35.4 Å². The summed E-state index contributed by atoms with van der Waals surface area (Å²) in [4.78, 5) is 11.1. The number of non-ortho nitro benzene ring substituents is 1. The monoisotopic (exact) mass is 243 g/mol. The molecule has 0 fully saturated rings. The number of benzene rings is 1. The lowest BCUT2D eigenvalue weighted by Crippen LogP contribution is -1.88. The van der Waals surface area contributed by atoms with E-state index >= 15 is 0 Å². The largest absolute Gasteiger partial charge is 0.269 e. The minimum atomic E-state index is -0.379. The molecule has 0 unspecified atom stereocenters. The van der Waals surface area contributed by atoms with Gasteiger partial charge in [0, 0.05) is 22.8 Å². The van der Waals surface area contributed by atoms with Crippen LogP contribution in [0.25, 0.3) is 0 Å². The van der Waals surface area contributed by atoms with E-state index in [1.165, 1.54) is 12.1 Å². The van der Waals surface area contributed by atoms with E-state index in [-0.39, 0.29) is 10.6 Å². The Hall–Kier alpha value is -0.680. The van der Waals surface area contributed by atoms with Crippen molar-refractivity contribution in [2.45, 2.75) is 18.7 Å². The summed E-state index contributed by atoms with van der Waals surface area (Å²) in [7, 11) is 3.44. The van der Waals surface area contributed by atoms with Gasteiger partial charge in [-0.15, -0.1) is 0 Å². The Labute approximate surface area is 97.2 Å². The summed E-state index contributed by atoms with van der Waals surface area (Å²) in [6.07, 6.45) is 0. The van der Waals surface area contributed by atoms with Gasteiger partial charge >= 0.3 is 0 Å². The highest BCUT2D eigenvalue weighted by atomic mass is 33.1. The third kappa shape index (κ3) is 4.57. The number of rotatable bonds is 5. The maximum absolute atomic E-state index is 10.4. The molecular weight excluding hydrogens is 230 g/mol. The SMILES string of the molecule is CC(C)CSSc1ccc([N+](=O)[O-])cc1. The number of nitro groups is 1. The molecule has 0 amide bonds. The smallest absolute Gasteiger partial charge is 0.258 e. The van der Waals surface area contributed by atoms with Gasteiger partial charge < -0.3 is 0 Å². The van der Waals surface area contributed by atoms with Crippen molar-refractivity contribution in [2.75, 3.05) is 5.75 Å². The number of nitrogens with zero attached hydrogens (tertiary/aromatic N) is 1. The zero-order valence-electron chi connectivity index (χ0n) is 8.67. The van der Waals surface area contributed by atoms with E-state index in [4.69, 9.17) is 0 Å².